The molecule has 4 aliphatic rings. The fourth-order valence-electron chi connectivity index (χ4n) is 10.1. The van der Waals surface area contributed by atoms with Crippen LogP contribution in [0.3, 0.4) is 0 Å². The molecule has 0 radical (unpaired) electrons. The molecule has 4 aliphatic heterocycles. The van der Waals surface area contributed by atoms with Crippen LogP contribution in [0.4, 0.5) is 75.4 Å². The first kappa shape index (κ1) is 71.1. The molecule has 456 valence electrons. The van der Waals surface area contributed by atoms with Gasteiger partial charge in [-0.2, -0.15) is 52.7 Å². The number of hydrogen-bond donors (Lipinski definition) is 3. The normalized spacial score (nSPS) is 17.0. The zero-order chi connectivity index (χ0) is 59.0. The first-order valence-electron chi connectivity index (χ1n) is 26.9. The molecule has 4 fully saturated rings. The number of carboxylic acid groups (broad SMARTS) is 1. The molecule has 0 atom stereocenters. The second kappa shape index (κ2) is 33.0. The molecule has 4 aromatic carbocycles. The molecule has 4 saturated heterocycles. The third-order valence-electron chi connectivity index (χ3n) is 14.6. The molecule has 27 heteroatoms. The van der Waals surface area contributed by atoms with Crippen molar-refractivity contribution in [2.75, 3.05) is 125 Å². The van der Waals surface area contributed by atoms with E-state index in [4.69, 9.17) is 0 Å². The van der Waals surface area contributed by atoms with Crippen molar-refractivity contribution in [2.24, 2.45) is 0 Å². The molecule has 0 unspecified atom stereocenters. The Morgan fingerprint density at radius 2 is 0.904 bits per heavy atom. The van der Waals surface area contributed by atoms with Crippen molar-refractivity contribution < 1.29 is 104 Å². The van der Waals surface area contributed by atoms with Crippen molar-refractivity contribution in [3.8, 4) is 0 Å². The smallest absolute Gasteiger partial charge is 1.00 e. The SMILES string of the molecule is CSc1ccc(NC2CCN(C(=O)CCCN3CCN(c4ccc(C(F)(F)F)cc4)CC3)CC2)cc1C(F)(F)F.CSc1ccc(NC2CC[NH2+]CC2)cc1C(F)(F)F.O=C([O-])CCCN1CCN(c2ccc(C(F)(F)F)cc2)CC1.[Cl-].[Li+]. The van der Waals surface area contributed by atoms with Gasteiger partial charge in [0.2, 0.25) is 5.91 Å². The monoisotopic (exact) mass is 1240 g/mol. The number of nitrogens with two attached hydrogens (primary N) is 1. The van der Waals surface area contributed by atoms with Crippen molar-refractivity contribution >= 4 is 58.1 Å². The molecule has 1 amide bonds. The van der Waals surface area contributed by atoms with Gasteiger partial charge in [0.05, 0.1) is 35.3 Å². The number of benzene rings is 4. The Kier molecular flexibility index (Phi) is 28.2. The molecular weight excluding hydrogens is 1170 g/mol. The zero-order valence-electron chi connectivity index (χ0n) is 46.6. The summed E-state index contributed by atoms with van der Waals surface area (Å²) >= 11 is 2.19. The number of halogens is 13. The summed E-state index contributed by atoms with van der Waals surface area (Å²) in [6.07, 6.45) is -8.98. The van der Waals surface area contributed by atoms with E-state index in [1.165, 1.54) is 36.4 Å². The summed E-state index contributed by atoms with van der Waals surface area (Å²) < 4.78 is 155. The first-order valence-corrected chi connectivity index (χ1v) is 29.4. The summed E-state index contributed by atoms with van der Waals surface area (Å²) in [5, 5.41) is 19.0. The maximum atomic E-state index is 13.4. The van der Waals surface area contributed by atoms with Gasteiger partial charge in [0.1, 0.15) is 0 Å². The van der Waals surface area contributed by atoms with E-state index >= 15 is 0 Å². The van der Waals surface area contributed by atoms with E-state index in [0.717, 1.165) is 143 Å². The number of carbonyl (C=O) groups excluding carboxylic acids is 2. The number of likely N-dealkylation sites (tertiary alicyclic amines) is 1. The van der Waals surface area contributed by atoms with Crippen LogP contribution in [0, 0.1) is 0 Å². The zero-order valence-corrected chi connectivity index (χ0v) is 49.0. The number of carboxylic acids is 1. The Bertz CT molecular complexity index is 2600. The molecule has 0 spiro atoms. The van der Waals surface area contributed by atoms with E-state index < -0.39 is 52.9 Å². The van der Waals surface area contributed by atoms with Crippen LogP contribution in [0.15, 0.2) is 94.7 Å². The number of rotatable bonds is 16. The molecule has 8 rings (SSSR count). The van der Waals surface area contributed by atoms with Crippen LogP contribution in [0.5, 0.6) is 0 Å². The number of alkyl halides is 12. The quantitative estimate of drug-likeness (QED) is 0.0845. The number of nitrogens with one attached hydrogen (secondary N) is 2. The molecule has 11 nitrogen and oxygen atoms in total. The molecule has 0 aliphatic carbocycles. The number of nitrogens with zero attached hydrogens (tertiary/aromatic N) is 5. The Morgan fingerprint density at radius 3 is 1.25 bits per heavy atom. The number of quaternary nitrogens is 1. The minimum atomic E-state index is -4.41. The minimum Gasteiger partial charge on any atom is -1.00 e. The molecular formula is C56H70ClF12LiN8O3S2. The van der Waals surface area contributed by atoms with Crippen LogP contribution < -0.4 is 62.1 Å². The molecule has 0 bridgehead atoms. The van der Waals surface area contributed by atoms with Crippen LogP contribution in [-0.2, 0) is 34.3 Å². The van der Waals surface area contributed by atoms with Gasteiger partial charge in [-0.1, -0.05) is 0 Å². The van der Waals surface area contributed by atoms with E-state index in [9.17, 15) is 67.4 Å². The van der Waals surface area contributed by atoms with Gasteiger partial charge >= 0.3 is 43.6 Å². The first-order chi connectivity index (χ1) is 38.3. The summed E-state index contributed by atoms with van der Waals surface area (Å²) in [5.74, 6) is -0.950. The third-order valence-corrected chi connectivity index (χ3v) is 16.2. The Labute approximate surface area is 504 Å². The van der Waals surface area contributed by atoms with Gasteiger partial charge in [0, 0.05) is 135 Å². The van der Waals surface area contributed by atoms with Gasteiger partial charge < -0.3 is 53.0 Å². The van der Waals surface area contributed by atoms with Crippen molar-refractivity contribution in [2.45, 2.75) is 97.9 Å². The van der Waals surface area contributed by atoms with Crippen LogP contribution >= 0.6 is 23.5 Å². The van der Waals surface area contributed by atoms with Gasteiger partial charge in [-0.15, -0.1) is 23.5 Å². The van der Waals surface area contributed by atoms with Crippen molar-refractivity contribution in [1.29, 1.82) is 0 Å². The maximum Gasteiger partial charge on any atom is 1.00 e. The Balaban J connectivity index is 0.000000291. The summed E-state index contributed by atoms with van der Waals surface area (Å²) in [5.41, 5.74) is 0.0786. The Morgan fingerprint density at radius 1 is 0.530 bits per heavy atom. The number of piperidine rings is 2. The molecule has 0 saturated carbocycles. The standard InChI is InChI=1S/C28H34F6N4OS.C15H19F3N2O2.C13H17F3N2S.ClH.Li/c1-40-25-9-6-22(19-24(25)28(32,33)34)35-21-10-13-38(14-11-21)26(39)3-2-12-36-15-17-37(18-16-36)23-7-4-20(5-8-23)27(29,30)31;16-15(17,18)12-3-5-13(6-4-12)20-10-8-19(9-11-20)7-1-2-14(21)22;1-19-12-3-2-10(8-11(12)13(14,15)16)18-9-4-6-17-7-5-9;;/h4-9,19,21,35H,2-3,10-18H2,1H3;3-6H,1-2,7-11H2,(H,21,22);2-3,8-9,17-18H,4-7H2,1H3;1H;/q;;;;+1/p-1. The number of aliphatic carboxylic acids is 1. The van der Waals surface area contributed by atoms with Gasteiger partial charge in [-0.3, -0.25) is 14.6 Å². The van der Waals surface area contributed by atoms with Crippen molar-refractivity contribution in [3.63, 3.8) is 0 Å². The van der Waals surface area contributed by atoms with Crippen LogP contribution in [0.25, 0.3) is 0 Å². The number of anilines is 4. The van der Waals surface area contributed by atoms with Crippen LogP contribution in [0.2, 0.25) is 0 Å². The Hall–Kier alpha value is -4.35. The maximum absolute atomic E-state index is 13.4. The second-order valence-corrected chi connectivity index (χ2v) is 21.9. The van der Waals surface area contributed by atoms with E-state index in [2.05, 4.69) is 30.7 Å². The van der Waals surface area contributed by atoms with Gasteiger partial charge in [0.15, 0.2) is 0 Å². The summed E-state index contributed by atoms with van der Waals surface area (Å²) in [7, 11) is 0. The molecule has 0 aromatic heterocycles. The van der Waals surface area contributed by atoms with Crippen LogP contribution in [-0.4, -0.2) is 143 Å². The second-order valence-electron chi connectivity index (χ2n) is 20.2. The van der Waals surface area contributed by atoms with Crippen LogP contribution in [0.1, 0.15) is 73.6 Å². The average Bonchev–Trinajstić information content (AvgIpc) is 3.55. The fourth-order valence-corrected chi connectivity index (χ4v) is 11.3. The molecule has 83 heavy (non-hydrogen) atoms. The van der Waals surface area contributed by atoms with Crippen molar-refractivity contribution in [3.05, 3.63) is 107 Å². The number of carbonyl (C=O) groups is 2. The number of thioether (sulfide) groups is 2. The van der Waals surface area contributed by atoms with Gasteiger partial charge in [-0.05, 0) is 143 Å². The van der Waals surface area contributed by atoms with Gasteiger partial charge in [-0.25, -0.2) is 0 Å². The summed E-state index contributed by atoms with van der Waals surface area (Å²) in [6.45, 7) is 10.6. The largest absolute Gasteiger partial charge is 1.00 e. The van der Waals surface area contributed by atoms with E-state index in [1.807, 2.05) is 9.80 Å². The third kappa shape index (κ3) is 22.8. The summed E-state index contributed by atoms with van der Waals surface area (Å²) in [4.78, 5) is 33.9. The van der Waals surface area contributed by atoms with Crippen molar-refractivity contribution in [1.82, 2.24) is 14.7 Å². The summed E-state index contributed by atoms with van der Waals surface area (Å²) in [6, 6.07) is 19.5. The van der Waals surface area contributed by atoms with E-state index in [-0.39, 0.29) is 65.5 Å². The number of amides is 1. The van der Waals surface area contributed by atoms with E-state index in [1.54, 1.807) is 30.7 Å². The topological polar surface area (TPSA) is 114 Å². The average molecular weight is 1240 g/mol. The molecule has 4 heterocycles. The predicted molar refractivity (Wildman–Crippen MR) is 292 cm³/mol. The predicted octanol–water partition coefficient (Wildman–Crippen LogP) is 4.38. The molecule has 4 N–H and O–H groups in total. The molecule has 4 aromatic rings. The number of piperazine rings is 2. The number of hydrogen-bond acceptors (Lipinski definition) is 11. The van der Waals surface area contributed by atoms with Gasteiger partial charge in [0.25, 0.3) is 0 Å². The fraction of sp³-hybridized carbons (Fsp3) is 0.536. The van der Waals surface area contributed by atoms with E-state index in [0.29, 0.717) is 69.8 Å². The minimum absolute atomic E-state index is 0.